The molecule has 2 aliphatic carbocycles. The van der Waals surface area contributed by atoms with Crippen molar-refractivity contribution >= 4 is 27.8 Å². The molecule has 214 valence electrons. The number of amides is 2. The maximum Gasteiger partial charge on any atom is 0.304 e. The first-order valence-corrected chi connectivity index (χ1v) is 15.9. The van der Waals surface area contributed by atoms with Gasteiger partial charge in [0.25, 0.3) is 0 Å². The molecule has 2 amide bonds. The number of imide groups is 1. The minimum atomic E-state index is -3.67. The predicted octanol–water partition coefficient (Wildman–Crippen LogP) is 4.29. The SMILES string of the molecule is CC.CCC1(CS(=O)(=O)N2CCC3(CCc4ccccc43)CC2)C(C)=CCC1N1C(=O)CC(CC(=O)O)C1=O. The Labute approximate surface area is 232 Å². The van der Waals surface area contributed by atoms with Crippen LogP contribution in [0.5, 0.6) is 0 Å². The lowest BCUT2D eigenvalue weighted by Crippen LogP contribution is -2.54. The standard InChI is InChI=1S/C28H36N2O6S.C2H6/c1-3-28(19(2)8-9-23(28)30-24(31)16-21(26(30)34)17-25(32)33)18-37(35,36)29-14-12-27(13-15-29)11-10-20-6-4-5-7-22(20)27;1-2/h4-8,21,23H,3,9-18H2,1-2H3,(H,32,33);1-2H3. The normalized spacial score (nSPS) is 28.3. The second kappa shape index (κ2) is 11.2. The molecule has 3 unspecified atom stereocenters. The second-order valence-electron chi connectivity index (χ2n) is 11.3. The quantitative estimate of drug-likeness (QED) is 0.395. The summed E-state index contributed by atoms with van der Waals surface area (Å²) in [4.78, 5) is 38.4. The Morgan fingerprint density at radius 2 is 1.77 bits per heavy atom. The molecule has 1 N–H and O–H groups in total. The Kier molecular flexibility index (Phi) is 8.43. The fraction of sp³-hybridized carbons (Fsp3) is 0.633. The maximum absolute atomic E-state index is 13.9. The van der Waals surface area contributed by atoms with Gasteiger partial charge in [-0.3, -0.25) is 19.3 Å². The van der Waals surface area contributed by atoms with Crippen molar-refractivity contribution in [2.75, 3.05) is 18.8 Å². The van der Waals surface area contributed by atoms with E-state index in [2.05, 4.69) is 24.3 Å². The van der Waals surface area contributed by atoms with Crippen LogP contribution in [0.2, 0.25) is 0 Å². The number of sulfonamides is 1. The second-order valence-corrected chi connectivity index (χ2v) is 13.3. The third kappa shape index (κ3) is 5.08. The number of carbonyl (C=O) groups is 3. The van der Waals surface area contributed by atoms with Gasteiger partial charge in [0.2, 0.25) is 21.8 Å². The average molecular weight is 559 g/mol. The zero-order valence-electron chi connectivity index (χ0n) is 23.6. The van der Waals surface area contributed by atoms with Crippen molar-refractivity contribution in [1.82, 2.24) is 9.21 Å². The lowest BCUT2D eigenvalue weighted by molar-refractivity contribution is -0.147. The van der Waals surface area contributed by atoms with Crippen LogP contribution < -0.4 is 0 Å². The summed E-state index contributed by atoms with van der Waals surface area (Å²) in [5.41, 5.74) is 2.79. The summed E-state index contributed by atoms with van der Waals surface area (Å²) >= 11 is 0. The number of carboxylic acid groups (broad SMARTS) is 1. The van der Waals surface area contributed by atoms with Crippen molar-refractivity contribution in [3.05, 3.63) is 47.0 Å². The number of nitrogens with zero attached hydrogens (tertiary/aromatic N) is 2. The van der Waals surface area contributed by atoms with Gasteiger partial charge >= 0.3 is 5.97 Å². The highest BCUT2D eigenvalue weighted by molar-refractivity contribution is 7.89. The van der Waals surface area contributed by atoms with Gasteiger partial charge < -0.3 is 5.11 Å². The van der Waals surface area contributed by atoms with E-state index in [4.69, 9.17) is 0 Å². The first-order valence-electron chi connectivity index (χ1n) is 14.3. The first-order chi connectivity index (χ1) is 18.5. The Balaban J connectivity index is 0.00000172. The molecule has 0 aromatic heterocycles. The van der Waals surface area contributed by atoms with Crippen LogP contribution in [-0.2, 0) is 36.2 Å². The molecule has 2 aliphatic heterocycles. The van der Waals surface area contributed by atoms with Crippen molar-refractivity contribution in [3.63, 3.8) is 0 Å². The molecule has 1 aromatic rings. The zero-order chi connectivity index (χ0) is 28.6. The van der Waals surface area contributed by atoms with E-state index in [1.165, 1.54) is 16.0 Å². The maximum atomic E-state index is 13.9. The summed E-state index contributed by atoms with van der Waals surface area (Å²) in [6, 6.07) is 7.89. The smallest absolute Gasteiger partial charge is 0.304 e. The Hall–Kier alpha value is -2.52. The van der Waals surface area contributed by atoms with Gasteiger partial charge in [0, 0.05) is 24.9 Å². The minimum absolute atomic E-state index is 0.0459. The van der Waals surface area contributed by atoms with Crippen LogP contribution in [0.1, 0.15) is 83.8 Å². The average Bonchev–Trinajstić information content (AvgIpc) is 3.52. The lowest BCUT2D eigenvalue weighted by Gasteiger charge is -2.44. The molecule has 2 saturated heterocycles. The van der Waals surface area contributed by atoms with E-state index >= 15 is 0 Å². The van der Waals surface area contributed by atoms with Gasteiger partial charge in [0.15, 0.2) is 0 Å². The van der Waals surface area contributed by atoms with Crippen molar-refractivity contribution in [3.8, 4) is 0 Å². The highest BCUT2D eigenvalue weighted by Crippen LogP contribution is 2.50. The highest BCUT2D eigenvalue weighted by atomic mass is 32.2. The fourth-order valence-electron chi connectivity index (χ4n) is 7.47. The van der Waals surface area contributed by atoms with Gasteiger partial charge in [0.05, 0.1) is 24.1 Å². The monoisotopic (exact) mass is 558 g/mol. The highest BCUT2D eigenvalue weighted by Gasteiger charge is 2.55. The number of aryl methyl sites for hydroxylation is 1. The lowest BCUT2D eigenvalue weighted by atomic mass is 9.74. The topological polar surface area (TPSA) is 112 Å². The van der Waals surface area contributed by atoms with E-state index in [0.29, 0.717) is 25.9 Å². The fourth-order valence-corrected chi connectivity index (χ4v) is 9.66. The predicted molar refractivity (Wildman–Crippen MR) is 149 cm³/mol. The molecule has 39 heavy (non-hydrogen) atoms. The van der Waals surface area contributed by atoms with E-state index in [1.807, 2.05) is 33.8 Å². The number of benzene rings is 1. The van der Waals surface area contributed by atoms with E-state index in [1.54, 1.807) is 4.31 Å². The molecule has 9 heteroatoms. The van der Waals surface area contributed by atoms with Gasteiger partial charge in [-0.1, -0.05) is 56.7 Å². The molecule has 0 saturated carbocycles. The Bertz CT molecular complexity index is 1260. The number of hydrogen-bond acceptors (Lipinski definition) is 5. The molecule has 0 bridgehead atoms. The molecule has 3 atom stereocenters. The summed E-state index contributed by atoms with van der Waals surface area (Å²) in [5, 5.41) is 9.17. The molecular formula is C30H42N2O6S. The summed E-state index contributed by atoms with van der Waals surface area (Å²) < 4.78 is 29.3. The molecular weight excluding hydrogens is 516 g/mol. The summed E-state index contributed by atoms with van der Waals surface area (Å²) in [6.07, 6.45) is 5.95. The third-order valence-electron chi connectivity index (χ3n) is 9.68. The molecule has 8 nitrogen and oxygen atoms in total. The Morgan fingerprint density at radius 1 is 1.10 bits per heavy atom. The van der Waals surface area contributed by atoms with Gasteiger partial charge in [-0.05, 0) is 62.0 Å². The summed E-state index contributed by atoms with van der Waals surface area (Å²) in [7, 11) is -3.67. The largest absolute Gasteiger partial charge is 0.481 e. The molecule has 1 aromatic carbocycles. The zero-order valence-corrected chi connectivity index (χ0v) is 24.4. The van der Waals surface area contributed by atoms with Crippen LogP contribution in [0.15, 0.2) is 35.9 Å². The summed E-state index contributed by atoms with van der Waals surface area (Å²) in [6.45, 7) is 8.73. The van der Waals surface area contributed by atoms with Crippen molar-refractivity contribution < 1.29 is 27.9 Å². The van der Waals surface area contributed by atoms with Crippen LogP contribution in [-0.4, -0.2) is 65.4 Å². The molecule has 1 spiro atoms. The minimum Gasteiger partial charge on any atom is -0.481 e. The van der Waals surface area contributed by atoms with Crippen molar-refractivity contribution in [1.29, 1.82) is 0 Å². The van der Waals surface area contributed by atoms with Crippen LogP contribution in [0.4, 0.5) is 0 Å². The third-order valence-corrected chi connectivity index (χ3v) is 11.7. The first kappa shape index (κ1) is 29.5. The van der Waals surface area contributed by atoms with Gasteiger partial charge in [-0.25, -0.2) is 12.7 Å². The number of hydrogen-bond donors (Lipinski definition) is 1. The summed E-state index contributed by atoms with van der Waals surface area (Å²) in [5.74, 6) is -3.06. The number of fused-ring (bicyclic) bond motifs is 2. The molecule has 2 heterocycles. The van der Waals surface area contributed by atoms with E-state index in [9.17, 15) is 27.9 Å². The molecule has 2 fully saturated rings. The number of aliphatic carboxylic acids is 1. The van der Waals surface area contributed by atoms with E-state index < -0.39 is 51.6 Å². The Morgan fingerprint density at radius 3 is 2.41 bits per heavy atom. The number of piperidine rings is 1. The molecule has 4 aliphatic rings. The molecule has 0 radical (unpaired) electrons. The van der Waals surface area contributed by atoms with Gasteiger partial charge in [-0.2, -0.15) is 0 Å². The van der Waals surface area contributed by atoms with Crippen molar-refractivity contribution in [2.45, 2.75) is 90.5 Å². The van der Waals surface area contributed by atoms with Crippen molar-refractivity contribution in [2.24, 2.45) is 11.3 Å². The number of likely N-dealkylation sites (tertiary alicyclic amines) is 1. The van der Waals surface area contributed by atoms with Gasteiger partial charge in [0.1, 0.15) is 0 Å². The number of rotatable bonds is 7. The van der Waals surface area contributed by atoms with Gasteiger partial charge in [-0.15, -0.1) is 0 Å². The number of carbonyl (C=O) groups excluding carboxylic acids is 2. The van der Waals surface area contributed by atoms with Crippen LogP contribution >= 0.6 is 0 Å². The van der Waals surface area contributed by atoms with Crippen LogP contribution in [0.3, 0.4) is 0 Å². The van der Waals surface area contributed by atoms with E-state index in [-0.39, 0.29) is 17.6 Å². The van der Waals surface area contributed by atoms with Crippen LogP contribution in [0.25, 0.3) is 0 Å². The number of carboxylic acids is 1. The van der Waals surface area contributed by atoms with E-state index in [0.717, 1.165) is 31.3 Å². The van der Waals surface area contributed by atoms with Crippen LogP contribution in [0, 0.1) is 11.3 Å². The molecule has 5 rings (SSSR count).